The zero-order valence-corrected chi connectivity index (χ0v) is 10.2. The lowest BCUT2D eigenvalue weighted by molar-refractivity contribution is 0.0998. The standard InChI is InChI=1S/C13H12N4O2/c1-7-6-15-17-12(7)16-13(18)11-5-8-4-9(14)2-3-10(8)19-11/h2-6H,14H2,1H3,(H2,15,16,17,18). The second-order valence-corrected chi connectivity index (χ2v) is 4.29. The van der Waals surface area contributed by atoms with E-state index in [1.807, 2.05) is 6.92 Å². The van der Waals surface area contributed by atoms with E-state index in [2.05, 4.69) is 15.5 Å². The molecular formula is C13H12N4O2. The minimum atomic E-state index is -0.331. The van der Waals surface area contributed by atoms with Gasteiger partial charge in [-0.1, -0.05) is 0 Å². The maximum atomic E-state index is 12.0. The normalized spacial score (nSPS) is 10.8. The quantitative estimate of drug-likeness (QED) is 0.613. The van der Waals surface area contributed by atoms with E-state index in [0.717, 1.165) is 10.9 Å². The number of amides is 1. The number of benzene rings is 1. The Labute approximate surface area is 108 Å². The summed E-state index contributed by atoms with van der Waals surface area (Å²) in [5, 5.41) is 10.0. The number of nitrogen functional groups attached to an aromatic ring is 1. The monoisotopic (exact) mass is 256 g/mol. The highest BCUT2D eigenvalue weighted by atomic mass is 16.3. The fourth-order valence-corrected chi connectivity index (χ4v) is 1.82. The van der Waals surface area contributed by atoms with Crippen LogP contribution in [0.3, 0.4) is 0 Å². The number of nitrogens with two attached hydrogens (primary N) is 1. The molecule has 0 aliphatic carbocycles. The molecule has 0 saturated heterocycles. The minimum Gasteiger partial charge on any atom is -0.451 e. The molecule has 0 unspecified atom stereocenters. The van der Waals surface area contributed by atoms with Crippen molar-refractivity contribution in [2.45, 2.75) is 6.92 Å². The fourth-order valence-electron chi connectivity index (χ4n) is 1.82. The molecule has 1 aromatic carbocycles. The number of furan rings is 1. The number of carbonyl (C=O) groups is 1. The van der Waals surface area contributed by atoms with Gasteiger partial charge in [-0.05, 0) is 31.2 Å². The summed E-state index contributed by atoms with van der Waals surface area (Å²) in [6, 6.07) is 6.89. The molecule has 19 heavy (non-hydrogen) atoms. The highest BCUT2D eigenvalue weighted by molar-refractivity contribution is 6.04. The van der Waals surface area contributed by atoms with Gasteiger partial charge >= 0.3 is 0 Å². The zero-order valence-electron chi connectivity index (χ0n) is 10.2. The Kier molecular flexibility index (Phi) is 2.49. The fraction of sp³-hybridized carbons (Fsp3) is 0.0769. The Morgan fingerprint density at radius 1 is 1.42 bits per heavy atom. The van der Waals surface area contributed by atoms with Crippen LogP contribution in [-0.2, 0) is 0 Å². The molecule has 0 atom stereocenters. The first-order valence-electron chi connectivity index (χ1n) is 5.74. The molecule has 2 aromatic heterocycles. The molecule has 0 aliphatic rings. The Morgan fingerprint density at radius 3 is 3.00 bits per heavy atom. The van der Waals surface area contributed by atoms with Gasteiger partial charge in [-0.3, -0.25) is 9.89 Å². The number of H-pyrrole nitrogens is 1. The second-order valence-electron chi connectivity index (χ2n) is 4.29. The summed E-state index contributed by atoms with van der Waals surface area (Å²) in [6.45, 7) is 1.85. The van der Waals surface area contributed by atoms with E-state index in [-0.39, 0.29) is 11.7 Å². The van der Waals surface area contributed by atoms with Gasteiger partial charge in [-0.15, -0.1) is 0 Å². The van der Waals surface area contributed by atoms with Crippen LogP contribution in [0.15, 0.2) is 34.9 Å². The number of carbonyl (C=O) groups excluding carboxylic acids is 1. The molecule has 3 rings (SSSR count). The number of hydrogen-bond acceptors (Lipinski definition) is 4. The number of aryl methyl sites for hydroxylation is 1. The van der Waals surface area contributed by atoms with Crippen LogP contribution in [0.4, 0.5) is 11.5 Å². The summed E-state index contributed by atoms with van der Waals surface area (Å²) in [5.41, 5.74) is 7.79. The van der Waals surface area contributed by atoms with Crippen LogP contribution in [0.5, 0.6) is 0 Å². The van der Waals surface area contributed by atoms with Crippen molar-refractivity contribution in [2.75, 3.05) is 11.1 Å². The predicted molar refractivity (Wildman–Crippen MR) is 71.9 cm³/mol. The lowest BCUT2D eigenvalue weighted by atomic mass is 10.2. The number of anilines is 2. The van der Waals surface area contributed by atoms with Crippen molar-refractivity contribution in [1.82, 2.24) is 10.2 Å². The van der Waals surface area contributed by atoms with E-state index < -0.39 is 0 Å². The van der Waals surface area contributed by atoms with E-state index in [9.17, 15) is 4.79 Å². The van der Waals surface area contributed by atoms with Crippen LogP contribution >= 0.6 is 0 Å². The van der Waals surface area contributed by atoms with Crippen LogP contribution in [0.1, 0.15) is 16.1 Å². The van der Waals surface area contributed by atoms with E-state index in [1.54, 1.807) is 30.5 Å². The first kappa shape index (κ1) is 11.3. The number of hydrogen-bond donors (Lipinski definition) is 3. The van der Waals surface area contributed by atoms with Crippen molar-refractivity contribution in [1.29, 1.82) is 0 Å². The Morgan fingerprint density at radius 2 is 2.26 bits per heavy atom. The molecule has 6 nitrogen and oxygen atoms in total. The summed E-state index contributed by atoms with van der Waals surface area (Å²) in [7, 11) is 0. The van der Waals surface area contributed by atoms with Crippen molar-refractivity contribution in [3.05, 3.63) is 41.8 Å². The summed E-state index contributed by atoms with van der Waals surface area (Å²) < 4.78 is 5.47. The van der Waals surface area contributed by atoms with Gasteiger partial charge in [0.15, 0.2) is 5.76 Å². The summed E-state index contributed by atoms with van der Waals surface area (Å²) in [5.74, 6) is 0.460. The molecular weight excluding hydrogens is 244 g/mol. The van der Waals surface area contributed by atoms with E-state index in [4.69, 9.17) is 10.2 Å². The molecule has 0 fully saturated rings. The molecule has 3 aromatic rings. The van der Waals surface area contributed by atoms with Crippen molar-refractivity contribution < 1.29 is 9.21 Å². The lowest BCUT2D eigenvalue weighted by Crippen LogP contribution is -2.11. The number of nitrogens with one attached hydrogen (secondary N) is 2. The van der Waals surface area contributed by atoms with Gasteiger partial charge in [0.25, 0.3) is 5.91 Å². The van der Waals surface area contributed by atoms with Gasteiger partial charge in [-0.25, -0.2) is 0 Å². The maximum Gasteiger partial charge on any atom is 0.292 e. The number of fused-ring (bicyclic) bond motifs is 1. The summed E-state index contributed by atoms with van der Waals surface area (Å²) in [6.07, 6.45) is 1.63. The van der Waals surface area contributed by atoms with Crippen LogP contribution in [0.2, 0.25) is 0 Å². The zero-order chi connectivity index (χ0) is 13.4. The molecule has 1 amide bonds. The largest absolute Gasteiger partial charge is 0.451 e. The van der Waals surface area contributed by atoms with Crippen LogP contribution in [0.25, 0.3) is 11.0 Å². The van der Waals surface area contributed by atoms with Gasteiger partial charge in [0.05, 0.1) is 6.20 Å². The van der Waals surface area contributed by atoms with Crippen molar-refractivity contribution in [3.63, 3.8) is 0 Å². The Hall–Kier alpha value is -2.76. The van der Waals surface area contributed by atoms with Gasteiger partial charge in [0, 0.05) is 16.6 Å². The van der Waals surface area contributed by atoms with E-state index in [0.29, 0.717) is 17.1 Å². The molecule has 0 spiro atoms. The summed E-state index contributed by atoms with van der Waals surface area (Å²) in [4.78, 5) is 12.0. The molecule has 6 heteroatoms. The van der Waals surface area contributed by atoms with Crippen molar-refractivity contribution in [2.24, 2.45) is 0 Å². The highest BCUT2D eigenvalue weighted by Crippen LogP contribution is 2.22. The second kappa shape index (κ2) is 4.16. The molecule has 2 heterocycles. The van der Waals surface area contributed by atoms with Crippen molar-refractivity contribution in [3.8, 4) is 0 Å². The molecule has 0 aliphatic heterocycles. The van der Waals surface area contributed by atoms with Gasteiger partial charge in [-0.2, -0.15) is 5.10 Å². The van der Waals surface area contributed by atoms with E-state index in [1.165, 1.54) is 0 Å². The van der Waals surface area contributed by atoms with Gasteiger partial charge in [0.1, 0.15) is 11.4 Å². The molecule has 0 bridgehead atoms. The SMILES string of the molecule is Cc1cn[nH]c1NC(=O)c1cc2cc(N)ccc2o1. The topological polar surface area (TPSA) is 96.9 Å². The molecule has 4 N–H and O–H groups in total. The third-order valence-electron chi connectivity index (χ3n) is 2.83. The van der Waals surface area contributed by atoms with Crippen LogP contribution < -0.4 is 11.1 Å². The average molecular weight is 256 g/mol. The summed E-state index contributed by atoms with van der Waals surface area (Å²) >= 11 is 0. The molecule has 0 saturated carbocycles. The minimum absolute atomic E-state index is 0.231. The Balaban J connectivity index is 1.91. The number of aromatic nitrogens is 2. The third kappa shape index (κ3) is 2.03. The first-order chi connectivity index (χ1) is 9.13. The number of rotatable bonds is 2. The smallest absolute Gasteiger partial charge is 0.292 e. The Bertz CT molecular complexity index is 757. The molecule has 0 radical (unpaired) electrons. The number of nitrogens with zero attached hydrogens (tertiary/aromatic N) is 1. The van der Waals surface area contributed by atoms with Crippen LogP contribution in [0, 0.1) is 6.92 Å². The first-order valence-corrected chi connectivity index (χ1v) is 5.74. The predicted octanol–water partition coefficient (Wildman–Crippen LogP) is 2.30. The molecule has 96 valence electrons. The van der Waals surface area contributed by atoms with Crippen LogP contribution in [-0.4, -0.2) is 16.1 Å². The highest BCUT2D eigenvalue weighted by Gasteiger charge is 2.14. The van der Waals surface area contributed by atoms with Crippen molar-refractivity contribution >= 4 is 28.4 Å². The van der Waals surface area contributed by atoms with Gasteiger partial charge < -0.3 is 15.5 Å². The maximum absolute atomic E-state index is 12.0. The third-order valence-corrected chi connectivity index (χ3v) is 2.83. The van der Waals surface area contributed by atoms with E-state index >= 15 is 0 Å². The number of aromatic amines is 1. The lowest BCUT2D eigenvalue weighted by Gasteiger charge is -2.00. The van der Waals surface area contributed by atoms with Gasteiger partial charge in [0.2, 0.25) is 0 Å². The average Bonchev–Trinajstić information content (AvgIpc) is 2.96.